The second-order valence-electron chi connectivity index (χ2n) is 4.47. The predicted octanol–water partition coefficient (Wildman–Crippen LogP) is 1.98. The van der Waals surface area contributed by atoms with E-state index in [2.05, 4.69) is 0 Å². The minimum atomic E-state index is -0.983. The lowest BCUT2D eigenvalue weighted by molar-refractivity contribution is -0.137. The van der Waals surface area contributed by atoms with Gasteiger partial charge in [0.1, 0.15) is 5.92 Å². The average Bonchev–Trinajstić information content (AvgIpc) is 1.99. The highest BCUT2D eigenvalue weighted by molar-refractivity contribution is 8.15. The minimum Gasteiger partial charge on any atom is -0.298 e. The van der Waals surface area contributed by atoms with Crippen LogP contribution < -0.4 is 0 Å². The third-order valence-corrected chi connectivity index (χ3v) is 3.49. The molecule has 0 aromatic carbocycles. The zero-order valence-corrected chi connectivity index (χ0v) is 10.1. The van der Waals surface area contributed by atoms with Gasteiger partial charge in [0.25, 0.3) is 0 Å². The molecule has 0 aromatic rings. The summed E-state index contributed by atoms with van der Waals surface area (Å²) in [5, 5.41) is -0.269. The molecule has 0 spiro atoms. The van der Waals surface area contributed by atoms with Crippen LogP contribution in [0.1, 0.15) is 40.0 Å². The van der Waals surface area contributed by atoms with E-state index in [0.29, 0.717) is 19.3 Å². The lowest BCUT2D eigenvalue weighted by Gasteiger charge is -2.30. The fourth-order valence-corrected chi connectivity index (χ4v) is 2.86. The van der Waals surface area contributed by atoms with Gasteiger partial charge in [0.05, 0.1) is 0 Å². The second-order valence-corrected chi connectivity index (χ2v) is 6.18. The molecule has 0 aromatic heterocycles. The fraction of sp³-hybridized carbons (Fsp3) is 0.727. The van der Waals surface area contributed by atoms with Crippen LogP contribution >= 0.6 is 11.8 Å². The Labute approximate surface area is 94.0 Å². The molecule has 84 valence electrons. The van der Waals surface area contributed by atoms with Gasteiger partial charge in [0.15, 0.2) is 11.6 Å². The lowest BCUT2D eigenvalue weighted by atomic mass is 9.91. The summed E-state index contributed by atoms with van der Waals surface area (Å²) in [6, 6.07) is 0. The molecule has 1 heterocycles. The number of Topliss-reactive ketones (excluding diaryl/α,β-unsaturated/α-hetero) is 2. The first-order valence-corrected chi connectivity index (χ1v) is 5.97. The Hall–Kier alpha value is -0.640. The maximum absolute atomic E-state index is 11.7. The van der Waals surface area contributed by atoms with Gasteiger partial charge in [-0.2, -0.15) is 0 Å². The van der Waals surface area contributed by atoms with Crippen molar-refractivity contribution in [1.29, 1.82) is 0 Å². The van der Waals surface area contributed by atoms with Gasteiger partial charge >= 0.3 is 0 Å². The van der Waals surface area contributed by atoms with Gasteiger partial charge in [0, 0.05) is 17.6 Å². The van der Waals surface area contributed by atoms with Crippen LogP contribution in [0.3, 0.4) is 0 Å². The van der Waals surface area contributed by atoms with Gasteiger partial charge in [-0.05, 0) is 20.3 Å². The van der Waals surface area contributed by atoms with E-state index in [1.807, 2.05) is 20.8 Å². The van der Waals surface area contributed by atoms with Crippen LogP contribution in [-0.4, -0.2) is 21.4 Å². The Morgan fingerprint density at radius 3 is 2.53 bits per heavy atom. The van der Waals surface area contributed by atoms with Crippen molar-refractivity contribution >= 4 is 28.4 Å². The molecule has 0 aliphatic carbocycles. The van der Waals surface area contributed by atoms with Crippen LogP contribution in [0.4, 0.5) is 0 Å². The molecule has 0 N–H and O–H groups in total. The predicted molar refractivity (Wildman–Crippen MR) is 59.7 cm³/mol. The number of carbonyl (C=O) groups is 3. The highest BCUT2D eigenvalue weighted by atomic mass is 32.2. The molecule has 3 nitrogen and oxygen atoms in total. The SMILES string of the molecule is CCCC(=O)C1C(=O)CC(C)(C)SC1=O. The molecule has 0 saturated carbocycles. The van der Waals surface area contributed by atoms with Crippen LogP contribution in [0, 0.1) is 5.92 Å². The number of ketones is 2. The standard InChI is InChI=1S/C11H16O3S/c1-4-5-7(12)9-8(13)6-11(2,3)15-10(9)14/h9H,4-6H2,1-3H3. The topological polar surface area (TPSA) is 51.2 Å². The molecule has 1 saturated heterocycles. The zero-order valence-electron chi connectivity index (χ0n) is 9.33. The monoisotopic (exact) mass is 228 g/mol. The number of hydrogen-bond acceptors (Lipinski definition) is 4. The van der Waals surface area contributed by atoms with Crippen LogP contribution in [0.2, 0.25) is 0 Å². The third-order valence-electron chi connectivity index (χ3n) is 2.35. The quantitative estimate of drug-likeness (QED) is 0.693. The van der Waals surface area contributed by atoms with Crippen molar-refractivity contribution in [2.45, 2.75) is 44.8 Å². The first kappa shape index (κ1) is 12.4. The van der Waals surface area contributed by atoms with E-state index in [1.54, 1.807) is 0 Å². The van der Waals surface area contributed by atoms with Gasteiger partial charge < -0.3 is 0 Å². The molecule has 1 aliphatic heterocycles. The normalized spacial score (nSPS) is 25.4. The van der Waals surface area contributed by atoms with E-state index in [4.69, 9.17) is 0 Å². The number of hydrogen-bond donors (Lipinski definition) is 0. The van der Waals surface area contributed by atoms with Crippen molar-refractivity contribution < 1.29 is 14.4 Å². The Kier molecular flexibility index (Phi) is 3.71. The molecule has 1 rings (SSSR count). The number of carbonyl (C=O) groups excluding carboxylic acids is 3. The third kappa shape index (κ3) is 2.91. The van der Waals surface area contributed by atoms with Crippen molar-refractivity contribution in [3.05, 3.63) is 0 Å². The van der Waals surface area contributed by atoms with E-state index >= 15 is 0 Å². The Bertz CT molecular complexity index is 287. The summed E-state index contributed by atoms with van der Waals surface area (Å²) >= 11 is 1.13. The van der Waals surface area contributed by atoms with E-state index in [0.717, 1.165) is 11.8 Å². The first-order valence-electron chi connectivity index (χ1n) is 5.15. The smallest absolute Gasteiger partial charge is 0.207 e. The minimum absolute atomic E-state index is 0.206. The molecule has 1 atom stereocenters. The number of rotatable bonds is 3. The Morgan fingerprint density at radius 2 is 2.07 bits per heavy atom. The second kappa shape index (κ2) is 4.47. The fourth-order valence-electron chi connectivity index (χ4n) is 1.72. The molecular formula is C11H16O3S. The maximum atomic E-state index is 11.7. The van der Waals surface area contributed by atoms with Crippen LogP contribution in [0.25, 0.3) is 0 Å². The molecule has 15 heavy (non-hydrogen) atoms. The van der Waals surface area contributed by atoms with Gasteiger partial charge in [-0.1, -0.05) is 18.7 Å². The summed E-state index contributed by atoms with van der Waals surface area (Å²) < 4.78 is -0.350. The Morgan fingerprint density at radius 1 is 1.47 bits per heavy atom. The van der Waals surface area contributed by atoms with Gasteiger partial charge in [-0.15, -0.1) is 0 Å². The van der Waals surface area contributed by atoms with Crippen LogP contribution in [0.5, 0.6) is 0 Å². The van der Waals surface area contributed by atoms with Gasteiger partial charge in [0.2, 0.25) is 5.12 Å². The molecular weight excluding hydrogens is 212 g/mol. The molecule has 1 fully saturated rings. The average molecular weight is 228 g/mol. The van der Waals surface area contributed by atoms with E-state index in [9.17, 15) is 14.4 Å². The summed E-state index contributed by atoms with van der Waals surface area (Å²) in [6.45, 7) is 5.58. The summed E-state index contributed by atoms with van der Waals surface area (Å²) in [4.78, 5) is 34.9. The summed E-state index contributed by atoms with van der Waals surface area (Å²) in [5.41, 5.74) is 0. The van der Waals surface area contributed by atoms with E-state index in [-0.39, 0.29) is 21.4 Å². The number of thioether (sulfide) groups is 1. The lowest BCUT2D eigenvalue weighted by Crippen LogP contribution is -2.40. The molecule has 1 unspecified atom stereocenters. The van der Waals surface area contributed by atoms with E-state index in [1.165, 1.54) is 0 Å². The molecule has 1 aliphatic rings. The molecule has 0 radical (unpaired) electrons. The van der Waals surface area contributed by atoms with Crippen molar-refractivity contribution in [3.8, 4) is 0 Å². The first-order chi connectivity index (χ1) is 6.87. The van der Waals surface area contributed by atoms with E-state index < -0.39 is 5.92 Å². The molecule has 4 heteroatoms. The Balaban J connectivity index is 2.80. The summed E-state index contributed by atoms with van der Waals surface area (Å²) in [7, 11) is 0. The van der Waals surface area contributed by atoms with Crippen LogP contribution in [0.15, 0.2) is 0 Å². The van der Waals surface area contributed by atoms with Crippen molar-refractivity contribution in [1.82, 2.24) is 0 Å². The molecule has 0 bridgehead atoms. The summed E-state index contributed by atoms with van der Waals surface area (Å²) in [5.74, 6) is -1.40. The summed E-state index contributed by atoms with van der Waals surface area (Å²) in [6.07, 6.45) is 1.32. The largest absolute Gasteiger partial charge is 0.298 e. The van der Waals surface area contributed by atoms with Crippen LogP contribution in [-0.2, 0) is 14.4 Å². The highest BCUT2D eigenvalue weighted by Crippen LogP contribution is 2.38. The van der Waals surface area contributed by atoms with Crippen molar-refractivity contribution in [3.63, 3.8) is 0 Å². The molecule has 0 amide bonds. The van der Waals surface area contributed by atoms with Gasteiger partial charge in [-0.25, -0.2) is 0 Å². The van der Waals surface area contributed by atoms with Gasteiger partial charge in [-0.3, -0.25) is 14.4 Å². The zero-order chi connectivity index (χ0) is 11.6. The maximum Gasteiger partial charge on any atom is 0.207 e. The highest BCUT2D eigenvalue weighted by Gasteiger charge is 2.43. The van der Waals surface area contributed by atoms with Crippen molar-refractivity contribution in [2.75, 3.05) is 0 Å². The van der Waals surface area contributed by atoms with Crippen molar-refractivity contribution in [2.24, 2.45) is 5.92 Å².